The number of benzene rings is 1. The van der Waals surface area contributed by atoms with Crippen molar-refractivity contribution >= 4 is 16.9 Å². The summed E-state index contributed by atoms with van der Waals surface area (Å²) in [5, 5.41) is 3.21. The summed E-state index contributed by atoms with van der Waals surface area (Å²) in [6, 6.07) is 5.42. The monoisotopic (exact) mass is 412 g/mol. The van der Waals surface area contributed by atoms with Crippen molar-refractivity contribution < 1.29 is 9.53 Å². The Kier molecular flexibility index (Phi) is 6.20. The molecule has 1 aromatic carbocycles. The quantitative estimate of drug-likeness (QED) is 0.817. The van der Waals surface area contributed by atoms with Gasteiger partial charge in [-0.1, -0.05) is 19.3 Å². The molecule has 0 unspecified atom stereocenters. The molecule has 1 amide bonds. The maximum atomic E-state index is 13.0. The summed E-state index contributed by atoms with van der Waals surface area (Å²) in [5.74, 6) is -0.0798. The molecule has 1 aliphatic carbocycles. The van der Waals surface area contributed by atoms with Gasteiger partial charge < -0.3 is 14.6 Å². The van der Waals surface area contributed by atoms with Gasteiger partial charge in [0.2, 0.25) is 0 Å². The number of hydrogen-bond acceptors (Lipinski definition) is 5. The van der Waals surface area contributed by atoms with E-state index in [0.717, 1.165) is 44.7 Å². The van der Waals surface area contributed by atoms with E-state index in [9.17, 15) is 9.59 Å². The number of aromatic nitrogens is 2. The number of nitrogens with zero attached hydrogens (tertiary/aromatic N) is 3. The summed E-state index contributed by atoms with van der Waals surface area (Å²) in [7, 11) is 0. The first-order valence-electron chi connectivity index (χ1n) is 11.2. The number of carbonyl (C=O) groups excluding carboxylic acids is 1. The van der Waals surface area contributed by atoms with E-state index in [0.29, 0.717) is 29.9 Å². The van der Waals surface area contributed by atoms with Crippen molar-refractivity contribution in [2.45, 2.75) is 58.0 Å². The first-order valence-corrected chi connectivity index (χ1v) is 11.2. The number of ether oxygens (including phenoxy) is 1. The van der Waals surface area contributed by atoms with Crippen molar-refractivity contribution in [2.24, 2.45) is 0 Å². The lowest BCUT2D eigenvalue weighted by molar-refractivity contribution is -0.0361. The van der Waals surface area contributed by atoms with E-state index in [2.05, 4.69) is 15.2 Å². The average molecular weight is 413 g/mol. The van der Waals surface area contributed by atoms with Crippen LogP contribution in [0, 0.1) is 6.92 Å². The standard InChI is InChI=1S/C23H32N4O3/c1-3-27-20-8-7-18(15-19(20)25-17(2)22(27)29)21(28)24-16-23(9-5-4-6-10-23)26-11-13-30-14-12-26/h7-8,15H,3-6,9-14,16H2,1-2H3,(H,24,28). The van der Waals surface area contributed by atoms with Crippen molar-refractivity contribution in [3.63, 3.8) is 0 Å². The molecule has 2 fully saturated rings. The zero-order valence-corrected chi connectivity index (χ0v) is 18.1. The van der Waals surface area contributed by atoms with Crippen LogP contribution in [-0.4, -0.2) is 58.7 Å². The molecule has 0 bridgehead atoms. The van der Waals surface area contributed by atoms with Crippen LogP contribution in [0.3, 0.4) is 0 Å². The third kappa shape index (κ3) is 4.01. The molecule has 1 aromatic heterocycles. The topological polar surface area (TPSA) is 76.5 Å². The molecule has 2 aliphatic rings. The van der Waals surface area contributed by atoms with E-state index < -0.39 is 0 Å². The van der Waals surface area contributed by atoms with Crippen molar-refractivity contribution in [1.29, 1.82) is 0 Å². The Balaban J connectivity index is 1.54. The molecule has 1 saturated carbocycles. The maximum Gasteiger partial charge on any atom is 0.272 e. The normalized spacial score (nSPS) is 19.7. The number of amides is 1. The predicted molar refractivity (Wildman–Crippen MR) is 117 cm³/mol. The third-order valence-electron chi connectivity index (χ3n) is 6.73. The van der Waals surface area contributed by atoms with Crippen LogP contribution in [0.2, 0.25) is 0 Å². The second kappa shape index (κ2) is 8.86. The average Bonchev–Trinajstić information content (AvgIpc) is 2.79. The van der Waals surface area contributed by atoms with Gasteiger partial charge in [0.1, 0.15) is 5.69 Å². The van der Waals surface area contributed by atoms with Gasteiger partial charge in [0.05, 0.1) is 24.2 Å². The Labute approximate surface area is 177 Å². The molecule has 2 heterocycles. The SMILES string of the molecule is CCn1c(=O)c(C)nc2cc(C(=O)NCC3(N4CCOCC4)CCCCC3)ccc21. The van der Waals surface area contributed by atoms with Gasteiger partial charge in [0.15, 0.2) is 0 Å². The zero-order chi connectivity index (χ0) is 21.1. The van der Waals surface area contributed by atoms with Crippen LogP contribution in [0.4, 0.5) is 0 Å². The Morgan fingerprint density at radius 2 is 1.93 bits per heavy atom. The number of morpholine rings is 1. The highest BCUT2D eigenvalue weighted by atomic mass is 16.5. The largest absolute Gasteiger partial charge is 0.379 e. The van der Waals surface area contributed by atoms with Gasteiger partial charge in [-0.15, -0.1) is 0 Å². The van der Waals surface area contributed by atoms with Crippen LogP contribution in [0.15, 0.2) is 23.0 Å². The highest BCUT2D eigenvalue weighted by Crippen LogP contribution is 2.34. The number of nitrogens with one attached hydrogen (secondary N) is 1. The van der Waals surface area contributed by atoms with Crippen molar-refractivity contribution in [2.75, 3.05) is 32.8 Å². The van der Waals surface area contributed by atoms with Crippen molar-refractivity contribution in [3.05, 3.63) is 39.8 Å². The Bertz CT molecular complexity index is 972. The Morgan fingerprint density at radius 3 is 2.63 bits per heavy atom. The lowest BCUT2D eigenvalue weighted by atomic mass is 9.79. The molecule has 2 aromatic rings. The number of fused-ring (bicyclic) bond motifs is 1. The molecule has 0 spiro atoms. The summed E-state index contributed by atoms with van der Waals surface area (Å²) in [6.07, 6.45) is 5.93. The summed E-state index contributed by atoms with van der Waals surface area (Å²) in [6.45, 7) is 8.30. The fourth-order valence-electron chi connectivity index (χ4n) is 5.03. The fourth-order valence-corrected chi connectivity index (χ4v) is 5.03. The van der Waals surface area contributed by atoms with Gasteiger partial charge in [0, 0.05) is 37.3 Å². The van der Waals surface area contributed by atoms with Crippen LogP contribution < -0.4 is 10.9 Å². The summed E-state index contributed by atoms with van der Waals surface area (Å²) in [4.78, 5) is 32.3. The van der Waals surface area contributed by atoms with Crippen LogP contribution in [0.5, 0.6) is 0 Å². The van der Waals surface area contributed by atoms with E-state index in [1.807, 2.05) is 13.0 Å². The molecule has 0 atom stereocenters. The molecule has 162 valence electrons. The minimum absolute atomic E-state index is 0.0338. The zero-order valence-electron chi connectivity index (χ0n) is 18.1. The first-order chi connectivity index (χ1) is 14.5. The molecule has 1 N–H and O–H groups in total. The number of aryl methyl sites for hydroxylation is 2. The molecule has 1 saturated heterocycles. The van der Waals surface area contributed by atoms with Gasteiger partial charge in [-0.3, -0.25) is 14.5 Å². The van der Waals surface area contributed by atoms with Crippen LogP contribution in [0.25, 0.3) is 11.0 Å². The molecule has 7 heteroatoms. The van der Waals surface area contributed by atoms with Gasteiger partial charge in [-0.25, -0.2) is 4.98 Å². The van der Waals surface area contributed by atoms with Crippen molar-refractivity contribution in [3.8, 4) is 0 Å². The van der Waals surface area contributed by atoms with Crippen LogP contribution in [-0.2, 0) is 11.3 Å². The number of carbonyl (C=O) groups is 1. The smallest absolute Gasteiger partial charge is 0.272 e. The van der Waals surface area contributed by atoms with Crippen LogP contribution in [0.1, 0.15) is 55.1 Å². The highest BCUT2D eigenvalue weighted by Gasteiger charge is 2.38. The Hall–Kier alpha value is -2.25. The van der Waals surface area contributed by atoms with Gasteiger partial charge in [-0.2, -0.15) is 0 Å². The summed E-state index contributed by atoms with van der Waals surface area (Å²) < 4.78 is 7.25. The molecule has 7 nitrogen and oxygen atoms in total. The van der Waals surface area contributed by atoms with Crippen molar-refractivity contribution in [1.82, 2.24) is 19.8 Å². The second-order valence-corrected chi connectivity index (χ2v) is 8.52. The minimum atomic E-state index is -0.0798. The molecular weight excluding hydrogens is 380 g/mol. The molecular formula is C23H32N4O3. The van der Waals surface area contributed by atoms with E-state index in [1.165, 1.54) is 19.3 Å². The maximum absolute atomic E-state index is 13.0. The first kappa shape index (κ1) is 21.0. The van der Waals surface area contributed by atoms with Gasteiger partial charge in [-0.05, 0) is 44.9 Å². The summed E-state index contributed by atoms with van der Waals surface area (Å²) >= 11 is 0. The number of hydrogen-bond donors (Lipinski definition) is 1. The fraction of sp³-hybridized carbons (Fsp3) is 0.609. The highest BCUT2D eigenvalue weighted by molar-refractivity contribution is 5.97. The van der Waals surface area contributed by atoms with E-state index in [4.69, 9.17) is 4.74 Å². The van der Waals surface area contributed by atoms with Gasteiger partial charge in [0.25, 0.3) is 11.5 Å². The molecule has 1 aliphatic heterocycles. The number of rotatable bonds is 5. The van der Waals surface area contributed by atoms with E-state index >= 15 is 0 Å². The molecule has 30 heavy (non-hydrogen) atoms. The lowest BCUT2D eigenvalue weighted by Gasteiger charge is -2.48. The molecule has 0 radical (unpaired) electrons. The minimum Gasteiger partial charge on any atom is -0.379 e. The predicted octanol–water partition coefficient (Wildman–Crippen LogP) is 2.49. The van der Waals surface area contributed by atoms with E-state index in [-0.39, 0.29) is 17.0 Å². The summed E-state index contributed by atoms with van der Waals surface area (Å²) in [5.41, 5.74) is 2.45. The third-order valence-corrected chi connectivity index (χ3v) is 6.73. The van der Waals surface area contributed by atoms with E-state index in [1.54, 1.807) is 23.6 Å². The lowest BCUT2D eigenvalue weighted by Crippen LogP contribution is -2.59. The Morgan fingerprint density at radius 1 is 1.20 bits per heavy atom. The second-order valence-electron chi connectivity index (χ2n) is 8.52. The van der Waals surface area contributed by atoms with Gasteiger partial charge >= 0.3 is 0 Å². The van der Waals surface area contributed by atoms with Crippen LogP contribution >= 0.6 is 0 Å². The molecule has 4 rings (SSSR count).